The number of nitriles is 1. The molecule has 2 aromatic heterocycles. The summed E-state index contributed by atoms with van der Waals surface area (Å²) in [5.74, 6) is 0.851. The molecule has 0 radical (unpaired) electrons. The van der Waals surface area contributed by atoms with Crippen LogP contribution in [0.3, 0.4) is 0 Å². The molecule has 5 heteroatoms. The SMILES string of the molecule is Cn1ccc(NCc2cc(C#N)cs2)n1. The molecule has 0 saturated carbocycles. The molecule has 0 aromatic carbocycles. The summed E-state index contributed by atoms with van der Waals surface area (Å²) in [5.41, 5.74) is 0.720. The number of rotatable bonds is 3. The van der Waals surface area contributed by atoms with Crippen molar-refractivity contribution in [1.29, 1.82) is 5.26 Å². The third-order valence-electron chi connectivity index (χ3n) is 1.94. The minimum absolute atomic E-state index is 0.712. The van der Waals surface area contributed by atoms with E-state index in [0.29, 0.717) is 6.54 Å². The molecule has 1 N–H and O–H groups in total. The zero-order chi connectivity index (χ0) is 10.7. The zero-order valence-electron chi connectivity index (χ0n) is 8.27. The highest BCUT2D eigenvalue weighted by Crippen LogP contribution is 2.15. The summed E-state index contributed by atoms with van der Waals surface area (Å²) in [6.45, 7) is 0.712. The normalized spacial score (nSPS) is 9.87. The lowest BCUT2D eigenvalue weighted by Gasteiger charge is -1.98. The van der Waals surface area contributed by atoms with Gasteiger partial charge in [-0.05, 0) is 6.07 Å². The van der Waals surface area contributed by atoms with Crippen LogP contribution in [0, 0.1) is 11.3 Å². The van der Waals surface area contributed by atoms with Crippen LogP contribution in [-0.4, -0.2) is 9.78 Å². The Morgan fingerprint density at radius 2 is 2.53 bits per heavy atom. The molecule has 0 aliphatic carbocycles. The van der Waals surface area contributed by atoms with Crippen molar-refractivity contribution in [2.45, 2.75) is 6.54 Å². The number of nitrogens with zero attached hydrogens (tertiary/aromatic N) is 3. The largest absolute Gasteiger partial charge is 0.364 e. The van der Waals surface area contributed by atoms with Crippen LogP contribution in [0.25, 0.3) is 0 Å². The Hall–Kier alpha value is -1.80. The zero-order valence-corrected chi connectivity index (χ0v) is 9.08. The summed E-state index contributed by atoms with van der Waals surface area (Å²) >= 11 is 1.58. The number of aryl methyl sites for hydroxylation is 1. The van der Waals surface area contributed by atoms with Crippen molar-refractivity contribution in [2.24, 2.45) is 7.05 Å². The number of hydrogen-bond donors (Lipinski definition) is 1. The monoisotopic (exact) mass is 218 g/mol. The number of nitrogens with one attached hydrogen (secondary N) is 1. The molecule has 0 spiro atoms. The average molecular weight is 218 g/mol. The van der Waals surface area contributed by atoms with Crippen LogP contribution in [0.5, 0.6) is 0 Å². The van der Waals surface area contributed by atoms with Gasteiger partial charge in [-0.15, -0.1) is 11.3 Å². The fourth-order valence-corrected chi connectivity index (χ4v) is 1.97. The van der Waals surface area contributed by atoms with E-state index in [1.54, 1.807) is 16.0 Å². The van der Waals surface area contributed by atoms with Crippen molar-refractivity contribution in [3.63, 3.8) is 0 Å². The molecular formula is C10H10N4S. The lowest BCUT2D eigenvalue weighted by Crippen LogP contribution is -1.98. The van der Waals surface area contributed by atoms with Gasteiger partial charge >= 0.3 is 0 Å². The minimum atomic E-state index is 0.712. The van der Waals surface area contributed by atoms with E-state index in [2.05, 4.69) is 16.5 Å². The lowest BCUT2D eigenvalue weighted by molar-refractivity contribution is 0.768. The Balaban J connectivity index is 1.96. The standard InChI is InChI=1S/C10H10N4S/c1-14-3-2-10(13-14)12-6-9-4-8(5-11)7-15-9/h2-4,7H,6H2,1H3,(H,12,13). The molecule has 76 valence electrons. The van der Waals surface area contributed by atoms with E-state index < -0.39 is 0 Å². The van der Waals surface area contributed by atoms with E-state index in [1.807, 2.05) is 30.8 Å². The Kier molecular flexibility index (Phi) is 2.70. The van der Waals surface area contributed by atoms with Crippen molar-refractivity contribution in [3.05, 3.63) is 34.2 Å². The van der Waals surface area contributed by atoms with Gasteiger partial charge in [0, 0.05) is 29.6 Å². The van der Waals surface area contributed by atoms with E-state index in [-0.39, 0.29) is 0 Å². The third-order valence-corrected chi connectivity index (χ3v) is 2.88. The molecule has 0 saturated heterocycles. The van der Waals surface area contributed by atoms with Gasteiger partial charge in [0.25, 0.3) is 0 Å². The molecular weight excluding hydrogens is 208 g/mol. The molecule has 0 amide bonds. The molecule has 0 aliphatic rings. The smallest absolute Gasteiger partial charge is 0.148 e. The van der Waals surface area contributed by atoms with E-state index in [0.717, 1.165) is 16.3 Å². The predicted molar refractivity (Wildman–Crippen MR) is 59.6 cm³/mol. The van der Waals surface area contributed by atoms with Crippen LogP contribution >= 0.6 is 11.3 Å². The summed E-state index contributed by atoms with van der Waals surface area (Å²) in [7, 11) is 1.88. The van der Waals surface area contributed by atoms with Gasteiger partial charge in [-0.2, -0.15) is 10.4 Å². The summed E-state index contributed by atoms with van der Waals surface area (Å²) < 4.78 is 1.75. The maximum Gasteiger partial charge on any atom is 0.148 e. The van der Waals surface area contributed by atoms with Crippen LogP contribution in [0.1, 0.15) is 10.4 Å². The Labute approximate surface area is 91.8 Å². The van der Waals surface area contributed by atoms with Crippen LogP contribution in [0.4, 0.5) is 5.82 Å². The van der Waals surface area contributed by atoms with Crippen molar-refractivity contribution in [1.82, 2.24) is 9.78 Å². The number of anilines is 1. The van der Waals surface area contributed by atoms with Crippen LogP contribution in [-0.2, 0) is 13.6 Å². The van der Waals surface area contributed by atoms with Gasteiger partial charge < -0.3 is 5.32 Å². The highest BCUT2D eigenvalue weighted by Gasteiger charge is 2.00. The van der Waals surface area contributed by atoms with Crippen molar-refractivity contribution in [2.75, 3.05) is 5.32 Å². The summed E-state index contributed by atoms with van der Waals surface area (Å²) in [5, 5.41) is 17.9. The first kappa shape index (κ1) is 9.74. The first-order chi connectivity index (χ1) is 7.28. The minimum Gasteiger partial charge on any atom is -0.364 e. The molecule has 2 rings (SSSR count). The van der Waals surface area contributed by atoms with Gasteiger partial charge in [-0.25, -0.2) is 0 Å². The molecule has 0 unspecified atom stereocenters. The van der Waals surface area contributed by atoms with Crippen LogP contribution in [0.15, 0.2) is 23.7 Å². The molecule has 2 aromatic rings. The number of thiophene rings is 1. The number of aromatic nitrogens is 2. The molecule has 0 bridgehead atoms. The van der Waals surface area contributed by atoms with Gasteiger partial charge in [0.2, 0.25) is 0 Å². The molecule has 0 aliphatic heterocycles. The van der Waals surface area contributed by atoms with Crippen molar-refractivity contribution < 1.29 is 0 Å². The molecule has 0 fully saturated rings. The van der Waals surface area contributed by atoms with Crippen molar-refractivity contribution >= 4 is 17.2 Å². The van der Waals surface area contributed by atoms with E-state index >= 15 is 0 Å². The molecule has 0 atom stereocenters. The molecule has 2 heterocycles. The second-order valence-corrected chi connectivity index (χ2v) is 4.14. The average Bonchev–Trinajstić information content (AvgIpc) is 2.83. The summed E-state index contributed by atoms with van der Waals surface area (Å²) in [4.78, 5) is 1.14. The first-order valence-corrected chi connectivity index (χ1v) is 5.37. The Morgan fingerprint density at radius 1 is 1.67 bits per heavy atom. The third kappa shape index (κ3) is 2.36. The van der Waals surface area contributed by atoms with Crippen LogP contribution < -0.4 is 5.32 Å². The highest BCUT2D eigenvalue weighted by atomic mass is 32.1. The summed E-state index contributed by atoms with van der Waals surface area (Å²) in [6.07, 6.45) is 1.89. The van der Waals surface area contributed by atoms with E-state index in [1.165, 1.54) is 0 Å². The fraction of sp³-hybridized carbons (Fsp3) is 0.200. The highest BCUT2D eigenvalue weighted by molar-refractivity contribution is 7.10. The predicted octanol–water partition coefficient (Wildman–Crippen LogP) is 1.97. The van der Waals surface area contributed by atoms with Gasteiger partial charge in [0.05, 0.1) is 12.1 Å². The van der Waals surface area contributed by atoms with E-state index in [9.17, 15) is 0 Å². The molecule has 15 heavy (non-hydrogen) atoms. The van der Waals surface area contributed by atoms with Gasteiger partial charge in [0.1, 0.15) is 11.9 Å². The maximum atomic E-state index is 8.66. The van der Waals surface area contributed by atoms with Gasteiger partial charge in [-0.1, -0.05) is 0 Å². The van der Waals surface area contributed by atoms with Gasteiger partial charge in [0.15, 0.2) is 0 Å². The van der Waals surface area contributed by atoms with E-state index in [4.69, 9.17) is 5.26 Å². The second-order valence-electron chi connectivity index (χ2n) is 3.14. The van der Waals surface area contributed by atoms with Crippen molar-refractivity contribution in [3.8, 4) is 6.07 Å². The number of hydrogen-bond acceptors (Lipinski definition) is 4. The molecule has 4 nitrogen and oxygen atoms in total. The Bertz CT molecular complexity index is 491. The first-order valence-electron chi connectivity index (χ1n) is 4.49. The fourth-order valence-electron chi connectivity index (χ4n) is 1.22. The Morgan fingerprint density at radius 3 is 3.13 bits per heavy atom. The second kappa shape index (κ2) is 4.15. The quantitative estimate of drug-likeness (QED) is 0.856. The van der Waals surface area contributed by atoms with Crippen LogP contribution in [0.2, 0.25) is 0 Å². The van der Waals surface area contributed by atoms with Gasteiger partial charge in [-0.3, -0.25) is 4.68 Å². The maximum absolute atomic E-state index is 8.66. The topological polar surface area (TPSA) is 53.6 Å². The lowest BCUT2D eigenvalue weighted by atomic mass is 10.3. The summed E-state index contributed by atoms with van der Waals surface area (Å²) in [6, 6.07) is 5.92.